The van der Waals surface area contributed by atoms with E-state index in [1.807, 2.05) is 0 Å². The number of nitrogens with zero attached hydrogens (tertiary/aromatic N) is 1. The summed E-state index contributed by atoms with van der Waals surface area (Å²) in [7, 11) is 0. The highest BCUT2D eigenvalue weighted by Gasteiger charge is 2.30. The van der Waals surface area contributed by atoms with Gasteiger partial charge in [-0.15, -0.1) is 11.3 Å². The van der Waals surface area contributed by atoms with Crippen molar-refractivity contribution in [2.75, 3.05) is 0 Å². The van der Waals surface area contributed by atoms with Gasteiger partial charge in [-0.1, -0.05) is 12.1 Å². The molecule has 0 radical (unpaired) electrons. The van der Waals surface area contributed by atoms with Gasteiger partial charge < -0.3 is 5.73 Å². The lowest BCUT2D eigenvalue weighted by atomic mass is 10.1. The zero-order valence-corrected chi connectivity index (χ0v) is 9.68. The average Bonchev–Trinajstić information content (AvgIpc) is 2.77. The SMILES string of the molecule is NC(=O)c1cnc(-c2ccc(C(F)(F)F)cc2)s1. The fourth-order valence-corrected chi connectivity index (χ4v) is 2.10. The van der Waals surface area contributed by atoms with E-state index in [-0.39, 0.29) is 4.88 Å². The number of hydrogen-bond donors (Lipinski definition) is 1. The molecule has 0 atom stereocenters. The Morgan fingerprint density at radius 1 is 1.22 bits per heavy atom. The standard InChI is InChI=1S/C11H7F3N2OS/c12-11(13,14)7-3-1-6(2-4-7)10-16-5-8(18-10)9(15)17/h1-5H,(H2,15,17). The van der Waals surface area contributed by atoms with Crippen molar-refractivity contribution in [2.24, 2.45) is 5.73 Å². The number of carbonyl (C=O) groups is 1. The van der Waals surface area contributed by atoms with Crippen LogP contribution in [-0.2, 0) is 6.18 Å². The van der Waals surface area contributed by atoms with E-state index in [4.69, 9.17) is 5.73 Å². The molecule has 0 fully saturated rings. The highest BCUT2D eigenvalue weighted by atomic mass is 32.1. The topological polar surface area (TPSA) is 56.0 Å². The molecule has 94 valence electrons. The Morgan fingerprint density at radius 3 is 2.28 bits per heavy atom. The number of amides is 1. The summed E-state index contributed by atoms with van der Waals surface area (Å²) < 4.78 is 37.1. The molecule has 2 rings (SSSR count). The number of primary amides is 1. The maximum Gasteiger partial charge on any atom is 0.416 e. The number of carbonyl (C=O) groups excluding carboxylic acids is 1. The van der Waals surface area contributed by atoms with Crippen LogP contribution in [0.2, 0.25) is 0 Å². The van der Waals surface area contributed by atoms with Crippen LogP contribution in [0.5, 0.6) is 0 Å². The summed E-state index contributed by atoms with van der Waals surface area (Å²) in [6, 6.07) is 4.57. The third kappa shape index (κ3) is 2.51. The number of benzene rings is 1. The molecular weight excluding hydrogens is 265 g/mol. The fourth-order valence-electron chi connectivity index (χ4n) is 1.32. The van der Waals surface area contributed by atoms with Crippen molar-refractivity contribution < 1.29 is 18.0 Å². The molecule has 0 spiro atoms. The third-order valence-corrected chi connectivity index (χ3v) is 3.27. The van der Waals surface area contributed by atoms with Crippen LogP contribution in [0.3, 0.4) is 0 Å². The third-order valence-electron chi connectivity index (χ3n) is 2.21. The zero-order chi connectivity index (χ0) is 13.3. The van der Waals surface area contributed by atoms with Crippen LogP contribution in [-0.4, -0.2) is 10.9 Å². The second-order valence-corrected chi connectivity index (χ2v) is 4.50. The zero-order valence-electron chi connectivity index (χ0n) is 8.86. The molecule has 1 amide bonds. The lowest BCUT2D eigenvalue weighted by Crippen LogP contribution is -2.08. The molecule has 0 aliphatic carbocycles. The Kier molecular flexibility index (Phi) is 3.08. The second kappa shape index (κ2) is 4.41. The molecule has 1 heterocycles. The normalized spacial score (nSPS) is 11.5. The van der Waals surface area contributed by atoms with Crippen LogP contribution >= 0.6 is 11.3 Å². The number of hydrogen-bond acceptors (Lipinski definition) is 3. The van der Waals surface area contributed by atoms with E-state index in [9.17, 15) is 18.0 Å². The molecule has 2 aromatic rings. The van der Waals surface area contributed by atoms with Gasteiger partial charge in [-0.3, -0.25) is 4.79 Å². The van der Waals surface area contributed by atoms with E-state index in [1.165, 1.54) is 18.3 Å². The summed E-state index contributed by atoms with van der Waals surface area (Å²) in [5.74, 6) is -0.606. The first-order valence-electron chi connectivity index (χ1n) is 4.81. The minimum Gasteiger partial charge on any atom is -0.365 e. The predicted molar refractivity (Wildman–Crippen MR) is 61.1 cm³/mol. The van der Waals surface area contributed by atoms with Crippen LogP contribution in [0.1, 0.15) is 15.2 Å². The van der Waals surface area contributed by atoms with Gasteiger partial charge in [-0.05, 0) is 12.1 Å². The Balaban J connectivity index is 2.31. The van der Waals surface area contributed by atoms with Crippen molar-refractivity contribution >= 4 is 17.2 Å². The summed E-state index contributed by atoms with van der Waals surface area (Å²) in [4.78, 5) is 15.1. The summed E-state index contributed by atoms with van der Waals surface area (Å²) in [5.41, 5.74) is 4.86. The van der Waals surface area contributed by atoms with Crippen LogP contribution in [0.15, 0.2) is 30.5 Å². The summed E-state index contributed by atoms with van der Waals surface area (Å²) >= 11 is 1.04. The average molecular weight is 272 g/mol. The first-order chi connectivity index (χ1) is 8.38. The Morgan fingerprint density at radius 2 is 1.83 bits per heavy atom. The molecule has 0 saturated heterocycles. The van der Waals surface area contributed by atoms with E-state index in [2.05, 4.69) is 4.98 Å². The first-order valence-corrected chi connectivity index (χ1v) is 5.63. The van der Waals surface area contributed by atoms with Crippen molar-refractivity contribution in [1.29, 1.82) is 0 Å². The number of aromatic nitrogens is 1. The number of thiazole rings is 1. The predicted octanol–water partition coefficient (Wildman–Crippen LogP) is 2.93. The van der Waals surface area contributed by atoms with E-state index < -0.39 is 17.6 Å². The molecule has 3 nitrogen and oxygen atoms in total. The maximum absolute atomic E-state index is 12.4. The van der Waals surface area contributed by atoms with Gasteiger partial charge >= 0.3 is 6.18 Å². The summed E-state index contributed by atoms with van der Waals surface area (Å²) in [6.07, 6.45) is -3.06. The molecule has 0 saturated carbocycles. The molecule has 0 aliphatic rings. The molecule has 0 aliphatic heterocycles. The Labute approximate surface area is 104 Å². The minimum absolute atomic E-state index is 0.268. The van der Waals surface area contributed by atoms with Crippen LogP contribution in [0.4, 0.5) is 13.2 Å². The Hall–Kier alpha value is -1.89. The summed E-state index contributed by atoms with van der Waals surface area (Å²) in [5, 5.41) is 0.456. The molecule has 1 aromatic heterocycles. The summed E-state index contributed by atoms with van der Waals surface area (Å²) in [6.45, 7) is 0. The van der Waals surface area contributed by atoms with Crippen molar-refractivity contribution in [3.63, 3.8) is 0 Å². The van der Waals surface area contributed by atoms with Gasteiger partial charge in [-0.2, -0.15) is 13.2 Å². The largest absolute Gasteiger partial charge is 0.416 e. The van der Waals surface area contributed by atoms with Gasteiger partial charge in [0.1, 0.15) is 9.88 Å². The molecule has 0 unspecified atom stereocenters. The fraction of sp³-hybridized carbons (Fsp3) is 0.0909. The Bertz CT molecular complexity index is 575. The van der Waals surface area contributed by atoms with Crippen molar-refractivity contribution in [2.45, 2.75) is 6.18 Å². The highest BCUT2D eigenvalue weighted by molar-refractivity contribution is 7.16. The van der Waals surface area contributed by atoms with Gasteiger partial charge in [0.2, 0.25) is 0 Å². The van der Waals surface area contributed by atoms with Gasteiger partial charge in [0.05, 0.1) is 11.8 Å². The van der Waals surface area contributed by atoms with Crippen LogP contribution in [0.25, 0.3) is 10.6 Å². The van der Waals surface area contributed by atoms with Crippen molar-refractivity contribution in [3.05, 3.63) is 40.9 Å². The minimum atomic E-state index is -4.36. The molecule has 1 aromatic carbocycles. The number of halogens is 3. The van der Waals surface area contributed by atoms with Gasteiger partial charge in [0.15, 0.2) is 0 Å². The van der Waals surface area contributed by atoms with Crippen molar-refractivity contribution in [3.8, 4) is 10.6 Å². The highest BCUT2D eigenvalue weighted by Crippen LogP contribution is 2.31. The van der Waals surface area contributed by atoms with E-state index in [0.717, 1.165) is 23.5 Å². The molecule has 7 heteroatoms. The number of rotatable bonds is 2. The van der Waals surface area contributed by atoms with Crippen LogP contribution < -0.4 is 5.73 Å². The number of alkyl halides is 3. The molecule has 2 N–H and O–H groups in total. The molecule has 0 bridgehead atoms. The van der Waals surface area contributed by atoms with Gasteiger partial charge in [0.25, 0.3) is 5.91 Å². The lowest BCUT2D eigenvalue weighted by molar-refractivity contribution is -0.137. The van der Waals surface area contributed by atoms with E-state index >= 15 is 0 Å². The first kappa shape index (κ1) is 12.6. The van der Waals surface area contributed by atoms with Crippen LogP contribution in [0, 0.1) is 0 Å². The lowest BCUT2D eigenvalue weighted by Gasteiger charge is -2.06. The van der Waals surface area contributed by atoms with E-state index in [0.29, 0.717) is 10.6 Å². The molecular formula is C11H7F3N2OS. The molecule has 18 heavy (non-hydrogen) atoms. The van der Waals surface area contributed by atoms with Crippen molar-refractivity contribution in [1.82, 2.24) is 4.98 Å². The van der Waals surface area contributed by atoms with E-state index in [1.54, 1.807) is 0 Å². The quantitative estimate of drug-likeness (QED) is 0.913. The smallest absolute Gasteiger partial charge is 0.365 e. The number of nitrogens with two attached hydrogens (primary N) is 1. The second-order valence-electron chi connectivity index (χ2n) is 3.47. The van der Waals surface area contributed by atoms with Gasteiger partial charge in [0, 0.05) is 5.56 Å². The maximum atomic E-state index is 12.4. The van der Waals surface area contributed by atoms with Gasteiger partial charge in [-0.25, -0.2) is 4.98 Å². The monoisotopic (exact) mass is 272 g/mol.